The Morgan fingerprint density at radius 3 is 1.95 bits per heavy atom. The summed E-state index contributed by atoms with van der Waals surface area (Å²) >= 11 is 0. The summed E-state index contributed by atoms with van der Waals surface area (Å²) in [6.07, 6.45) is 1.72. The van der Waals surface area contributed by atoms with Crippen molar-refractivity contribution in [1.29, 1.82) is 0 Å². The van der Waals surface area contributed by atoms with Crippen molar-refractivity contribution in [2.24, 2.45) is 5.73 Å². The maximum absolute atomic E-state index is 12.6. The monoisotopic (exact) mass is 300 g/mol. The van der Waals surface area contributed by atoms with Gasteiger partial charge >= 0.3 is 6.18 Å². The van der Waals surface area contributed by atoms with Gasteiger partial charge in [-0.3, -0.25) is 4.90 Å². The highest BCUT2D eigenvalue weighted by molar-refractivity contribution is 5.27. The quantitative estimate of drug-likeness (QED) is 0.915. The Kier molecular flexibility index (Phi) is 5.65. The van der Waals surface area contributed by atoms with Crippen molar-refractivity contribution < 1.29 is 13.2 Å². The van der Waals surface area contributed by atoms with E-state index in [1.165, 1.54) is 19.3 Å². The average molecular weight is 300 g/mol. The molecule has 1 aromatic rings. The van der Waals surface area contributed by atoms with E-state index in [2.05, 4.69) is 4.90 Å². The van der Waals surface area contributed by atoms with E-state index in [9.17, 15) is 13.2 Å². The second-order valence-electron chi connectivity index (χ2n) is 5.68. The van der Waals surface area contributed by atoms with Crippen molar-refractivity contribution in [3.05, 3.63) is 35.4 Å². The summed E-state index contributed by atoms with van der Waals surface area (Å²) in [5, 5.41) is 0. The molecule has 1 heterocycles. The number of halogens is 3. The molecule has 0 amide bonds. The Bertz CT molecular complexity index is 420. The van der Waals surface area contributed by atoms with Crippen molar-refractivity contribution >= 4 is 0 Å². The molecule has 1 aromatic carbocycles. The Morgan fingerprint density at radius 2 is 1.48 bits per heavy atom. The third-order valence-electron chi connectivity index (χ3n) is 4.18. The number of hydrogen-bond donors (Lipinski definition) is 1. The third-order valence-corrected chi connectivity index (χ3v) is 4.18. The standard InChI is InChI=1S/C16H23F3N2/c17-16(18,19)14-8-6-13(7-9-14)15(12-20)21-10-4-2-1-3-5-11-21/h6-9,15H,1-5,10-12,20H2. The minimum Gasteiger partial charge on any atom is -0.329 e. The van der Waals surface area contributed by atoms with Crippen LogP contribution in [0.5, 0.6) is 0 Å². The first kappa shape index (κ1) is 16.3. The van der Waals surface area contributed by atoms with Crippen LogP contribution in [0.4, 0.5) is 13.2 Å². The van der Waals surface area contributed by atoms with Crippen molar-refractivity contribution in [3.8, 4) is 0 Å². The fourth-order valence-electron chi connectivity index (χ4n) is 2.97. The van der Waals surface area contributed by atoms with Crippen LogP contribution in [0, 0.1) is 0 Å². The van der Waals surface area contributed by atoms with E-state index in [-0.39, 0.29) is 6.04 Å². The molecule has 1 unspecified atom stereocenters. The van der Waals surface area contributed by atoms with Crippen LogP contribution in [-0.4, -0.2) is 24.5 Å². The van der Waals surface area contributed by atoms with Gasteiger partial charge in [-0.05, 0) is 43.6 Å². The van der Waals surface area contributed by atoms with E-state index in [0.29, 0.717) is 6.54 Å². The van der Waals surface area contributed by atoms with E-state index in [1.807, 2.05) is 0 Å². The molecule has 1 aliphatic heterocycles. The van der Waals surface area contributed by atoms with Gasteiger partial charge in [0.15, 0.2) is 0 Å². The van der Waals surface area contributed by atoms with Gasteiger partial charge < -0.3 is 5.73 Å². The Morgan fingerprint density at radius 1 is 0.952 bits per heavy atom. The minimum atomic E-state index is -4.28. The average Bonchev–Trinajstić information content (AvgIpc) is 2.41. The predicted octanol–water partition coefficient (Wildman–Crippen LogP) is 3.97. The van der Waals surface area contributed by atoms with Crippen LogP contribution < -0.4 is 5.73 Å². The van der Waals surface area contributed by atoms with E-state index in [4.69, 9.17) is 5.73 Å². The molecule has 118 valence electrons. The minimum absolute atomic E-state index is 0.0189. The highest BCUT2D eigenvalue weighted by Crippen LogP contribution is 2.31. The van der Waals surface area contributed by atoms with Crippen LogP contribution >= 0.6 is 0 Å². The summed E-state index contributed by atoms with van der Waals surface area (Å²) in [6, 6.07) is 5.47. The van der Waals surface area contributed by atoms with Crippen LogP contribution in [0.15, 0.2) is 24.3 Å². The van der Waals surface area contributed by atoms with Gasteiger partial charge in [0.05, 0.1) is 5.56 Å². The Hall–Kier alpha value is -1.07. The maximum Gasteiger partial charge on any atom is 0.416 e. The Labute approximate surface area is 124 Å². The van der Waals surface area contributed by atoms with Crippen LogP contribution in [0.25, 0.3) is 0 Å². The molecular formula is C16H23F3N2. The van der Waals surface area contributed by atoms with Crippen LogP contribution in [0.2, 0.25) is 0 Å². The smallest absolute Gasteiger partial charge is 0.329 e. The van der Waals surface area contributed by atoms with E-state index in [0.717, 1.165) is 43.6 Å². The van der Waals surface area contributed by atoms with Gasteiger partial charge in [-0.15, -0.1) is 0 Å². The molecule has 1 atom stereocenters. The molecule has 0 radical (unpaired) electrons. The SMILES string of the molecule is NCC(c1ccc(C(F)(F)F)cc1)N1CCCCCCC1. The second kappa shape index (κ2) is 7.27. The molecule has 5 heteroatoms. The maximum atomic E-state index is 12.6. The van der Waals surface area contributed by atoms with Gasteiger partial charge in [0.2, 0.25) is 0 Å². The number of nitrogens with zero attached hydrogens (tertiary/aromatic N) is 1. The molecule has 0 saturated carbocycles. The van der Waals surface area contributed by atoms with Crippen LogP contribution in [-0.2, 0) is 6.18 Å². The molecule has 0 bridgehead atoms. The van der Waals surface area contributed by atoms with Crippen molar-refractivity contribution in [3.63, 3.8) is 0 Å². The first-order valence-corrected chi connectivity index (χ1v) is 7.63. The zero-order chi connectivity index (χ0) is 15.3. The summed E-state index contributed by atoms with van der Waals surface area (Å²) < 4.78 is 37.9. The van der Waals surface area contributed by atoms with Crippen molar-refractivity contribution in [1.82, 2.24) is 4.90 Å². The van der Waals surface area contributed by atoms with Crippen LogP contribution in [0.3, 0.4) is 0 Å². The summed E-state index contributed by atoms with van der Waals surface area (Å²) in [4.78, 5) is 2.32. The highest BCUT2D eigenvalue weighted by Gasteiger charge is 2.30. The summed E-state index contributed by atoms with van der Waals surface area (Å²) in [5.41, 5.74) is 6.16. The molecule has 1 fully saturated rings. The molecule has 2 N–H and O–H groups in total. The van der Waals surface area contributed by atoms with E-state index < -0.39 is 11.7 Å². The third kappa shape index (κ3) is 4.45. The zero-order valence-corrected chi connectivity index (χ0v) is 12.2. The van der Waals surface area contributed by atoms with Crippen molar-refractivity contribution in [2.75, 3.05) is 19.6 Å². The van der Waals surface area contributed by atoms with Gasteiger partial charge in [-0.25, -0.2) is 0 Å². The number of hydrogen-bond acceptors (Lipinski definition) is 2. The molecule has 2 nitrogen and oxygen atoms in total. The van der Waals surface area contributed by atoms with Gasteiger partial charge in [0.25, 0.3) is 0 Å². The Balaban J connectivity index is 2.12. The van der Waals surface area contributed by atoms with Crippen molar-refractivity contribution in [2.45, 2.75) is 44.3 Å². The second-order valence-corrected chi connectivity index (χ2v) is 5.68. The summed E-state index contributed by atoms with van der Waals surface area (Å²) in [6.45, 7) is 2.39. The van der Waals surface area contributed by atoms with Crippen LogP contribution in [0.1, 0.15) is 49.3 Å². The fraction of sp³-hybridized carbons (Fsp3) is 0.625. The van der Waals surface area contributed by atoms with E-state index in [1.54, 1.807) is 12.1 Å². The lowest BCUT2D eigenvalue weighted by molar-refractivity contribution is -0.137. The zero-order valence-electron chi connectivity index (χ0n) is 12.2. The van der Waals surface area contributed by atoms with Gasteiger partial charge in [-0.2, -0.15) is 13.2 Å². The number of rotatable bonds is 3. The molecule has 1 saturated heterocycles. The summed E-state index contributed by atoms with van der Waals surface area (Å²) in [5.74, 6) is 0. The highest BCUT2D eigenvalue weighted by atomic mass is 19.4. The van der Waals surface area contributed by atoms with Gasteiger partial charge in [-0.1, -0.05) is 31.4 Å². The molecule has 0 spiro atoms. The van der Waals surface area contributed by atoms with Gasteiger partial charge in [0, 0.05) is 12.6 Å². The predicted molar refractivity (Wildman–Crippen MR) is 77.9 cm³/mol. The first-order chi connectivity index (χ1) is 10.0. The number of alkyl halides is 3. The molecule has 1 aliphatic rings. The lowest BCUT2D eigenvalue weighted by Crippen LogP contribution is -2.36. The number of nitrogens with two attached hydrogens (primary N) is 1. The molecular weight excluding hydrogens is 277 g/mol. The fourth-order valence-corrected chi connectivity index (χ4v) is 2.97. The molecule has 0 aromatic heterocycles. The van der Waals surface area contributed by atoms with E-state index >= 15 is 0 Å². The lowest BCUT2D eigenvalue weighted by atomic mass is 10.0. The molecule has 2 rings (SSSR count). The lowest BCUT2D eigenvalue weighted by Gasteiger charge is -2.32. The largest absolute Gasteiger partial charge is 0.416 e. The molecule has 21 heavy (non-hydrogen) atoms. The number of benzene rings is 1. The number of likely N-dealkylation sites (tertiary alicyclic amines) is 1. The molecule has 0 aliphatic carbocycles. The summed E-state index contributed by atoms with van der Waals surface area (Å²) in [7, 11) is 0. The topological polar surface area (TPSA) is 29.3 Å². The normalized spacial score (nSPS) is 19.8. The van der Waals surface area contributed by atoms with Gasteiger partial charge in [0.1, 0.15) is 0 Å². The first-order valence-electron chi connectivity index (χ1n) is 7.63.